The molecule has 1 aliphatic heterocycles. The molecule has 27 heavy (non-hydrogen) atoms. The largest absolute Gasteiger partial charge is 0.353 e. The minimum Gasteiger partial charge on any atom is -0.353 e. The minimum atomic E-state index is -2.59. The molecule has 144 valence electrons. The van der Waals surface area contributed by atoms with Crippen LogP contribution in [0.1, 0.15) is 35.6 Å². The third-order valence-electron chi connectivity index (χ3n) is 5.04. The molecule has 2 aromatic heterocycles. The van der Waals surface area contributed by atoms with Crippen LogP contribution in [0.5, 0.6) is 0 Å². The molecule has 0 atom stereocenters. The number of aryl methyl sites for hydroxylation is 2. The average molecular weight is 392 g/mol. The van der Waals surface area contributed by atoms with Crippen molar-refractivity contribution in [1.82, 2.24) is 19.9 Å². The average Bonchev–Trinajstić information content (AvgIpc) is 3.15. The van der Waals surface area contributed by atoms with E-state index in [2.05, 4.69) is 24.8 Å². The Morgan fingerprint density at radius 3 is 2.44 bits per heavy atom. The molecule has 6 nitrogen and oxygen atoms in total. The predicted molar refractivity (Wildman–Crippen MR) is 102 cm³/mol. The summed E-state index contributed by atoms with van der Waals surface area (Å²) < 4.78 is 26.3. The van der Waals surface area contributed by atoms with Crippen molar-refractivity contribution >= 4 is 23.4 Å². The number of hydrogen-bond donors (Lipinski definition) is 0. The summed E-state index contributed by atoms with van der Waals surface area (Å²) in [6.45, 7) is 4.93. The van der Waals surface area contributed by atoms with Crippen molar-refractivity contribution in [2.24, 2.45) is 0 Å². The van der Waals surface area contributed by atoms with Crippen molar-refractivity contribution in [1.29, 1.82) is 0 Å². The number of piperazine rings is 1. The molecule has 0 saturated carbocycles. The molecule has 0 radical (unpaired) electrons. The topological polar surface area (TPSA) is 58.0 Å². The number of thioether (sulfide) groups is 1. The second kappa shape index (κ2) is 7.53. The molecule has 1 saturated heterocycles. The zero-order valence-corrected chi connectivity index (χ0v) is 16.3. The van der Waals surface area contributed by atoms with E-state index in [4.69, 9.17) is 4.98 Å². The van der Waals surface area contributed by atoms with Gasteiger partial charge in [0.25, 0.3) is 6.43 Å². The van der Waals surface area contributed by atoms with Crippen molar-refractivity contribution in [3.63, 3.8) is 0 Å². The van der Waals surface area contributed by atoms with Gasteiger partial charge in [0.1, 0.15) is 23.2 Å². The molecule has 0 aromatic carbocycles. The third-order valence-corrected chi connectivity index (χ3v) is 5.59. The fraction of sp³-hybridized carbons (Fsp3) is 0.556. The van der Waals surface area contributed by atoms with Gasteiger partial charge in [-0.2, -0.15) is 0 Å². The van der Waals surface area contributed by atoms with Gasteiger partial charge in [-0.05, 0) is 32.4 Å². The van der Waals surface area contributed by atoms with Crippen LogP contribution in [0.3, 0.4) is 0 Å². The quantitative estimate of drug-likeness (QED) is 0.585. The lowest BCUT2D eigenvalue weighted by Gasteiger charge is -2.37. The van der Waals surface area contributed by atoms with Crippen molar-refractivity contribution in [2.45, 2.75) is 37.8 Å². The summed E-state index contributed by atoms with van der Waals surface area (Å²) in [6.07, 6.45) is 2.40. The van der Waals surface area contributed by atoms with Gasteiger partial charge in [-0.25, -0.2) is 28.7 Å². The van der Waals surface area contributed by atoms with Gasteiger partial charge in [-0.3, -0.25) is 0 Å². The number of anilines is 2. The van der Waals surface area contributed by atoms with Crippen LogP contribution < -0.4 is 9.80 Å². The Bertz CT molecular complexity index is 839. The number of aromatic nitrogens is 4. The summed E-state index contributed by atoms with van der Waals surface area (Å²) in [6, 6.07) is 1.41. The predicted octanol–water partition coefficient (Wildman–Crippen LogP) is 3.05. The highest BCUT2D eigenvalue weighted by Gasteiger charge is 2.26. The lowest BCUT2D eigenvalue weighted by molar-refractivity contribution is 0.145. The van der Waals surface area contributed by atoms with Crippen molar-refractivity contribution in [2.75, 3.05) is 42.2 Å². The van der Waals surface area contributed by atoms with Crippen LogP contribution in [0, 0.1) is 6.92 Å². The molecule has 0 bridgehead atoms. The number of alkyl halides is 2. The van der Waals surface area contributed by atoms with Gasteiger partial charge < -0.3 is 9.80 Å². The first-order chi connectivity index (χ1) is 13.0. The van der Waals surface area contributed by atoms with Gasteiger partial charge in [0.15, 0.2) is 5.16 Å². The van der Waals surface area contributed by atoms with Crippen molar-refractivity contribution in [3.8, 4) is 0 Å². The molecule has 0 N–H and O–H groups in total. The van der Waals surface area contributed by atoms with Gasteiger partial charge in [-0.15, -0.1) is 0 Å². The van der Waals surface area contributed by atoms with E-state index in [-0.39, 0.29) is 5.69 Å². The summed E-state index contributed by atoms with van der Waals surface area (Å²) in [7, 11) is 0. The smallest absolute Gasteiger partial charge is 0.280 e. The maximum atomic E-state index is 13.1. The summed E-state index contributed by atoms with van der Waals surface area (Å²) >= 11 is 1.28. The van der Waals surface area contributed by atoms with Gasteiger partial charge in [0.2, 0.25) is 0 Å². The molecule has 1 aliphatic carbocycles. The van der Waals surface area contributed by atoms with Crippen LogP contribution in [0.15, 0.2) is 11.2 Å². The monoisotopic (exact) mass is 392 g/mol. The number of rotatable bonds is 4. The van der Waals surface area contributed by atoms with Crippen LogP contribution >= 0.6 is 11.8 Å². The molecular weight excluding hydrogens is 370 g/mol. The SMILES string of the molecule is CSc1nc(C(F)F)cc(N2CCN(c3nc(C)nc4c3CCC4)CC2)n1. The summed E-state index contributed by atoms with van der Waals surface area (Å²) in [5.41, 5.74) is 2.25. The van der Waals surface area contributed by atoms with E-state index in [0.29, 0.717) is 24.1 Å². The Morgan fingerprint density at radius 2 is 1.74 bits per heavy atom. The van der Waals surface area contributed by atoms with E-state index in [1.54, 1.807) is 6.26 Å². The fourth-order valence-electron chi connectivity index (χ4n) is 3.74. The molecule has 0 amide bonds. The van der Waals surface area contributed by atoms with Crippen molar-refractivity contribution in [3.05, 3.63) is 28.8 Å². The van der Waals surface area contributed by atoms with E-state index < -0.39 is 6.43 Å². The zero-order valence-electron chi connectivity index (χ0n) is 15.5. The van der Waals surface area contributed by atoms with E-state index in [0.717, 1.165) is 44.0 Å². The van der Waals surface area contributed by atoms with Gasteiger partial charge in [-0.1, -0.05) is 11.8 Å². The lowest BCUT2D eigenvalue weighted by atomic mass is 10.2. The van der Waals surface area contributed by atoms with Crippen LogP contribution in [-0.2, 0) is 12.8 Å². The molecule has 0 unspecified atom stereocenters. The summed E-state index contributed by atoms with van der Waals surface area (Å²) in [5.74, 6) is 2.44. The first kappa shape index (κ1) is 18.3. The molecule has 9 heteroatoms. The second-order valence-corrected chi connectivity index (χ2v) is 7.56. The first-order valence-corrected chi connectivity index (χ1v) is 10.3. The Morgan fingerprint density at radius 1 is 1.00 bits per heavy atom. The van der Waals surface area contributed by atoms with E-state index in [1.165, 1.54) is 29.1 Å². The molecule has 2 aliphatic rings. The summed E-state index contributed by atoms with van der Waals surface area (Å²) in [4.78, 5) is 22.0. The highest BCUT2D eigenvalue weighted by molar-refractivity contribution is 7.98. The number of halogens is 2. The standard InChI is InChI=1S/C18H22F2N6S/c1-11-21-13-5-3-4-12(13)17(22-11)26-8-6-25(7-9-26)15-10-14(16(19)20)23-18(24-15)27-2/h10,16H,3-9H2,1-2H3. The molecule has 4 rings (SSSR count). The molecule has 3 heterocycles. The van der Waals surface area contributed by atoms with Crippen LogP contribution in [-0.4, -0.2) is 52.4 Å². The summed E-state index contributed by atoms with van der Waals surface area (Å²) in [5, 5.41) is 0.384. The number of nitrogens with zero attached hydrogens (tertiary/aromatic N) is 6. The molecule has 1 fully saturated rings. The van der Waals surface area contributed by atoms with Gasteiger partial charge in [0.05, 0.1) is 0 Å². The number of fused-ring (bicyclic) bond motifs is 1. The maximum Gasteiger partial charge on any atom is 0.280 e. The maximum absolute atomic E-state index is 13.1. The zero-order chi connectivity index (χ0) is 19.0. The Hall–Kier alpha value is -2.03. The highest BCUT2D eigenvalue weighted by atomic mass is 32.2. The first-order valence-electron chi connectivity index (χ1n) is 9.12. The molecule has 0 spiro atoms. The minimum absolute atomic E-state index is 0.212. The number of hydrogen-bond acceptors (Lipinski definition) is 7. The Balaban J connectivity index is 1.53. The van der Waals surface area contributed by atoms with E-state index >= 15 is 0 Å². The second-order valence-electron chi connectivity index (χ2n) is 6.79. The third kappa shape index (κ3) is 3.69. The lowest BCUT2D eigenvalue weighted by Crippen LogP contribution is -2.47. The van der Waals surface area contributed by atoms with Crippen LogP contribution in [0.2, 0.25) is 0 Å². The highest BCUT2D eigenvalue weighted by Crippen LogP contribution is 2.30. The van der Waals surface area contributed by atoms with Crippen LogP contribution in [0.4, 0.5) is 20.4 Å². The van der Waals surface area contributed by atoms with Gasteiger partial charge in [0, 0.05) is 43.5 Å². The Kier molecular flexibility index (Phi) is 5.12. The van der Waals surface area contributed by atoms with Gasteiger partial charge >= 0.3 is 0 Å². The van der Waals surface area contributed by atoms with Crippen LogP contribution in [0.25, 0.3) is 0 Å². The van der Waals surface area contributed by atoms with Crippen molar-refractivity contribution < 1.29 is 8.78 Å². The fourth-order valence-corrected chi connectivity index (χ4v) is 4.12. The van der Waals surface area contributed by atoms with E-state index in [1.807, 2.05) is 6.92 Å². The Labute approximate surface area is 161 Å². The molecule has 2 aromatic rings. The molecular formula is C18H22F2N6S. The normalized spacial score (nSPS) is 16.9. The van der Waals surface area contributed by atoms with E-state index in [9.17, 15) is 8.78 Å².